The summed E-state index contributed by atoms with van der Waals surface area (Å²) in [7, 11) is 1.86. The third-order valence-corrected chi connectivity index (χ3v) is 5.54. The van der Waals surface area contributed by atoms with E-state index in [1.165, 1.54) is 37.2 Å². The van der Waals surface area contributed by atoms with Crippen LogP contribution < -0.4 is 10.6 Å². The van der Waals surface area contributed by atoms with Crippen molar-refractivity contribution >= 4 is 17.3 Å². The van der Waals surface area contributed by atoms with Crippen LogP contribution in [0.15, 0.2) is 22.5 Å². The van der Waals surface area contributed by atoms with Crippen molar-refractivity contribution in [2.45, 2.75) is 38.3 Å². The zero-order valence-electron chi connectivity index (χ0n) is 13.0. The van der Waals surface area contributed by atoms with Gasteiger partial charge in [-0.25, -0.2) is 0 Å². The van der Waals surface area contributed by atoms with Gasteiger partial charge in [-0.05, 0) is 49.7 Å². The average Bonchev–Trinajstić information content (AvgIpc) is 3.00. The number of likely N-dealkylation sites (tertiary alicyclic amines) is 1. The predicted molar refractivity (Wildman–Crippen MR) is 89.9 cm³/mol. The van der Waals surface area contributed by atoms with Crippen molar-refractivity contribution in [3.63, 3.8) is 0 Å². The van der Waals surface area contributed by atoms with Crippen molar-refractivity contribution in [1.29, 1.82) is 0 Å². The normalized spacial score (nSPS) is 27.6. The summed E-state index contributed by atoms with van der Waals surface area (Å²) < 4.78 is 0. The average molecular weight is 306 g/mol. The molecule has 0 bridgehead atoms. The summed E-state index contributed by atoms with van der Waals surface area (Å²) in [4.78, 5) is 8.42. The molecule has 3 unspecified atom stereocenters. The molecule has 0 radical (unpaired) electrons. The molecule has 0 amide bonds. The minimum absolute atomic E-state index is 0.475. The summed E-state index contributed by atoms with van der Waals surface area (Å²) in [5.41, 5.74) is 0. The Bertz CT molecular complexity index is 465. The van der Waals surface area contributed by atoms with Crippen LogP contribution in [0.4, 0.5) is 0 Å². The SMILES string of the molecule is CN=C(NCC(c1cccs1)N1CCCC1)NC1CC1C. The molecule has 2 N–H and O–H groups in total. The Morgan fingerprint density at radius 1 is 1.48 bits per heavy atom. The first-order valence-electron chi connectivity index (χ1n) is 8.02. The number of aliphatic imine (C=N–C) groups is 1. The molecule has 21 heavy (non-hydrogen) atoms. The van der Waals surface area contributed by atoms with E-state index in [4.69, 9.17) is 0 Å². The molecule has 1 saturated heterocycles. The van der Waals surface area contributed by atoms with Crippen LogP contribution in [0.2, 0.25) is 0 Å². The monoisotopic (exact) mass is 306 g/mol. The van der Waals surface area contributed by atoms with E-state index in [1.54, 1.807) is 0 Å². The fourth-order valence-electron chi connectivity index (χ4n) is 3.03. The van der Waals surface area contributed by atoms with Gasteiger partial charge in [0, 0.05) is 24.5 Å². The Balaban J connectivity index is 1.58. The summed E-state index contributed by atoms with van der Waals surface area (Å²) >= 11 is 1.86. The third kappa shape index (κ3) is 3.77. The Morgan fingerprint density at radius 3 is 2.81 bits per heavy atom. The molecule has 2 heterocycles. The highest BCUT2D eigenvalue weighted by atomic mass is 32.1. The van der Waals surface area contributed by atoms with Crippen molar-refractivity contribution in [2.75, 3.05) is 26.7 Å². The summed E-state index contributed by atoms with van der Waals surface area (Å²) in [5.74, 6) is 1.74. The zero-order chi connectivity index (χ0) is 14.7. The largest absolute Gasteiger partial charge is 0.354 e. The summed E-state index contributed by atoms with van der Waals surface area (Å²) in [6.45, 7) is 5.65. The first kappa shape index (κ1) is 14.9. The van der Waals surface area contributed by atoms with E-state index in [-0.39, 0.29) is 0 Å². The molecule has 116 valence electrons. The van der Waals surface area contributed by atoms with Crippen LogP contribution in [0.5, 0.6) is 0 Å². The van der Waals surface area contributed by atoms with Gasteiger partial charge in [-0.15, -0.1) is 11.3 Å². The van der Waals surface area contributed by atoms with Gasteiger partial charge in [0.2, 0.25) is 0 Å². The van der Waals surface area contributed by atoms with Gasteiger partial charge in [0.1, 0.15) is 0 Å². The van der Waals surface area contributed by atoms with Gasteiger partial charge in [-0.3, -0.25) is 9.89 Å². The van der Waals surface area contributed by atoms with Gasteiger partial charge in [0.15, 0.2) is 5.96 Å². The van der Waals surface area contributed by atoms with E-state index in [0.29, 0.717) is 12.1 Å². The predicted octanol–water partition coefficient (Wildman–Crippen LogP) is 2.46. The summed E-state index contributed by atoms with van der Waals surface area (Å²) in [5, 5.41) is 9.21. The van der Waals surface area contributed by atoms with E-state index < -0.39 is 0 Å². The minimum atomic E-state index is 0.475. The lowest BCUT2D eigenvalue weighted by atomic mass is 10.2. The minimum Gasteiger partial charge on any atom is -0.354 e. The molecule has 3 atom stereocenters. The molecular formula is C16H26N4S. The van der Waals surface area contributed by atoms with Gasteiger partial charge in [0.25, 0.3) is 0 Å². The number of nitrogens with zero attached hydrogens (tertiary/aromatic N) is 2. The van der Waals surface area contributed by atoms with E-state index in [2.05, 4.69) is 45.0 Å². The van der Waals surface area contributed by atoms with Gasteiger partial charge in [-0.2, -0.15) is 0 Å². The van der Waals surface area contributed by atoms with Crippen molar-refractivity contribution in [3.05, 3.63) is 22.4 Å². The standard InChI is InChI=1S/C16H26N4S/c1-12-10-13(12)19-16(17-2)18-11-14(15-6-5-9-21-15)20-7-3-4-8-20/h5-6,9,12-14H,3-4,7-8,10-11H2,1-2H3,(H2,17,18,19). The number of rotatable bonds is 5. The van der Waals surface area contributed by atoms with Crippen LogP contribution in [0.3, 0.4) is 0 Å². The van der Waals surface area contributed by atoms with E-state index in [9.17, 15) is 0 Å². The molecule has 1 aliphatic heterocycles. The Kier molecular flexibility index (Phi) is 4.80. The van der Waals surface area contributed by atoms with Crippen molar-refractivity contribution in [1.82, 2.24) is 15.5 Å². The topological polar surface area (TPSA) is 39.7 Å². The van der Waals surface area contributed by atoms with Crippen LogP contribution >= 0.6 is 11.3 Å². The second kappa shape index (κ2) is 6.79. The number of thiophene rings is 1. The Hall–Kier alpha value is -1.07. The second-order valence-corrected chi connectivity index (χ2v) is 7.17. The van der Waals surface area contributed by atoms with Crippen molar-refractivity contribution in [2.24, 2.45) is 10.9 Å². The molecule has 1 aliphatic carbocycles. The molecular weight excluding hydrogens is 280 g/mol. The number of hydrogen-bond donors (Lipinski definition) is 2. The zero-order valence-corrected chi connectivity index (χ0v) is 13.8. The molecule has 1 aromatic rings. The first-order chi connectivity index (χ1) is 10.3. The number of guanidine groups is 1. The third-order valence-electron chi connectivity index (χ3n) is 4.57. The second-order valence-electron chi connectivity index (χ2n) is 6.19. The van der Waals surface area contributed by atoms with E-state index >= 15 is 0 Å². The fraction of sp³-hybridized carbons (Fsp3) is 0.688. The van der Waals surface area contributed by atoms with Crippen molar-refractivity contribution < 1.29 is 0 Å². The van der Waals surface area contributed by atoms with Gasteiger partial charge in [-0.1, -0.05) is 13.0 Å². The number of nitrogens with one attached hydrogen (secondary N) is 2. The maximum absolute atomic E-state index is 4.36. The molecule has 2 aliphatic rings. The van der Waals surface area contributed by atoms with Gasteiger partial charge in [0.05, 0.1) is 6.04 Å². The first-order valence-corrected chi connectivity index (χ1v) is 8.90. The van der Waals surface area contributed by atoms with Gasteiger partial charge < -0.3 is 10.6 Å². The van der Waals surface area contributed by atoms with Gasteiger partial charge >= 0.3 is 0 Å². The summed E-state index contributed by atoms with van der Waals surface area (Å²) in [6.07, 6.45) is 3.92. The highest BCUT2D eigenvalue weighted by molar-refractivity contribution is 7.10. The fourth-order valence-corrected chi connectivity index (χ4v) is 3.89. The molecule has 4 nitrogen and oxygen atoms in total. The highest BCUT2D eigenvalue weighted by Crippen LogP contribution is 2.29. The van der Waals surface area contributed by atoms with Crippen LogP contribution in [-0.4, -0.2) is 43.6 Å². The summed E-state index contributed by atoms with van der Waals surface area (Å²) in [6, 6.07) is 5.50. The lowest BCUT2D eigenvalue weighted by Crippen LogP contribution is -2.43. The molecule has 3 rings (SSSR count). The van der Waals surface area contributed by atoms with E-state index in [0.717, 1.165) is 18.4 Å². The smallest absolute Gasteiger partial charge is 0.191 e. The quantitative estimate of drug-likeness (QED) is 0.648. The van der Waals surface area contributed by atoms with Crippen LogP contribution in [0, 0.1) is 5.92 Å². The lowest BCUT2D eigenvalue weighted by Gasteiger charge is -2.27. The molecule has 0 spiro atoms. The van der Waals surface area contributed by atoms with Crippen LogP contribution in [0.1, 0.15) is 37.1 Å². The van der Waals surface area contributed by atoms with Crippen LogP contribution in [-0.2, 0) is 0 Å². The highest BCUT2D eigenvalue weighted by Gasteiger charge is 2.33. The molecule has 5 heteroatoms. The van der Waals surface area contributed by atoms with E-state index in [1.807, 2.05) is 18.4 Å². The number of hydrogen-bond acceptors (Lipinski definition) is 3. The Morgan fingerprint density at radius 2 is 2.24 bits per heavy atom. The Labute approximate surface area is 131 Å². The maximum atomic E-state index is 4.36. The molecule has 0 aromatic carbocycles. The van der Waals surface area contributed by atoms with Crippen LogP contribution in [0.25, 0.3) is 0 Å². The molecule has 1 aromatic heterocycles. The molecule has 2 fully saturated rings. The molecule has 1 saturated carbocycles. The lowest BCUT2D eigenvalue weighted by molar-refractivity contribution is 0.249. The van der Waals surface area contributed by atoms with Crippen molar-refractivity contribution in [3.8, 4) is 0 Å². The maximum Gasteiger partial charge on any atom is 0.191 e.